The SMILES string of the molecule is CC(C)S(=O)(=O)N1CCc2nc(N(C)Cc3cccnc3)[nH]c(=O)c2CC1. The van der Waals surface area contributed by atoms with Gasteiger partial charge in [-0.2, -0.15) is 0 Å². The van der Waals surface area contributed by atoms with Gasteiger partial charge < -0.3 is 4.90 Å². The number of nitrogens with one attached hydrogen (secondary N) is 1. The fraction of sp³-hybridized carbons (Fsp3) is 0.500. The van der Waals surface area contributed by atoms with Crippen molar-refractivity contribution in [2.24, 2.45) is 0 Å². The Labute approximate surface area is 159 Å². The van der Waals surface area contributed by atoms with Gasteiger partial charge in [-0.05, 0) is 31.9 Å². The van der Waals surface area contributed by atoms with Gasteiger partial charge in [-0.25, -0.2) is 17.7 Å². The number of anilines is 1. The molecule has 27 heavy (non-hydrogen) atoms. The molecule has 0 fully saturated rings. The van der Waals surface area contributed by atoms with E-state index >= 15 is 0 Å². The van der Waals surface area contributed by atoms with E-state index in [0.29, 0.717) is 49.7 Å². The third-order valence-corrected chi connectivity index (χ3v) is 7.03. The molecular formula is C18H25N5O3S. The number of aromatic amines is 1. The van der Waals surface area contributed by atoms with Crippen LogP contribution in [0.5, 0.6) is 0 Å². The third kappa shape index (κ3) is 4.19. The zero-order chi connectivity index (χ0) is 19.6. The maximum atomic E-state index is 12.6. The molecule has 146 valence electrons. The lowest BCUT2D eigenvalue weighted by Gasteiger charge is -2.22. The summed E-state index contributed by atoms with van der Waals surface area (Å²) >= 11 is 0. The van der Waals surface area contributed by atoms with Crippen molar-refractivity contribution >= 4 is 16.0 Å². The molecule has 0 saturated heterocycles. The average Bonchev–Trinajstić information content (AvgIpc) is 2.85. The van der Waals surface area contributed by atoms with Crippen molar-refractivity contribution in [3.8, 4) is 0 Å². The second-order valence-electron chi connectivity index (χ2n) is 7.02. The van der Waals surface area contributed by atoms with E-state index in [0.717, 1.165) is 5.56 Å². The lowest BCUT2D eigenvalue weighted by Crippen LogP contribution is -2.38. The van der Waals surface area contributed by atoms with Crippen LogP contribution < -0.4 is 10.5 Å². The monoisotopic (exact) mass is 391 g/mol. The number of fused-ring (bicyclic) bond motifs is 1. The van der Waals surface area contributed by atoms with Crippen molar-refractivity contribution < 1.29 is 8.42 Å². The van der Waals surface area contributed by atoms with Gasteiger partial charge in [0.25, 0.3) is 5.56 Å². The zero-order valence-electron chi connectivity index (χ0n) is 15.8. The first kappa shape index (κ1) is 19.5. The molecule has 2 aromatic rings. The molecule has 9 heteroatoms. The van der Waals surface area contributed by atoms with Crippen LogP contribution in [0.1, 0.15) is 30.7 Å². The zero-order valence-corrected chi connectivity index (χ0v) is 16.7. The summed E-state index contributed by atoms with van der Waals surface area (Å²) < 4.78 is 26.4. The van der Waals surface area contributed by atoms with Crippen molar-refractivity contribution in [1.82, 2.24) is 19.3 Å². The van der Waals surface area contributed by atoms with Crippen molar-refractivity contribution in [3.63, 3.8) is 0 Å². The molecular weight excluding hydrogens is 366 g/mol. The number of hydrogen-bond acceptors (Lipinski definition) is 6. The first-order valence-corrected chi connectivity index (χ1v) is 10.5. The van der Waals surface area contributed by atoms with Gasteiger partial charge in [-0.3, -0.25) is 14.8 Å². The summed E-state index contributed by atoms with van der Waals surface area (Å²) in [5, 5.41) is -0.480. The number of aromatic nitrogens is 3. The van der Waals surface area contributed by atoms with Crippen molar-refractivity contribution in [3.05, 3.63) is 51.7 Å². The maximum absolute atomic E-state index is 12.6. The number of pyridine rings is 1. The summed E-state index contributed by atoms with van der Waals surface area (Å²) in [6, 6.07) is 3.82. The summed E-state index contributed by atoms with van der Waals surface area (Å²) in [6.07, 6.45) is 4.28. The molecule has 0 spiro atoms. The van der Waals surface area contributed by atoms with Crippen LogP contribution in [0.4, 0.5) is 5.95 Å². The van der Waals surface area contributed by atoms with Gasteiger partial charge in [0, 0.05) is 51.1 Å². The molecule has 3 rings (SSSR count). The number of sulfonamides is 1. The second kappa shape index (κ2) is 7.77. The molecule has 2 aromatic heterocycles. The number of rotatable bonds is 5. The van der Waals surface area contributed by atoms with Crippen LogP contribution in [0.2, 0.25) is 0 Å². The van der Waals surface area contributed by atoms with E-state index in [4.69, 9.17) is 0 Å². The van der Waals surface area contributed by atoms with Gasteiger partial charge in [-0.1, -0.05) is 6.07 Å². The van der Waals surface area contributed by atoms with Crippen LogP contribution in [-0.2, 0) is 29.4 Å². The Balaban J connectivity index is 1.83. The van der Waals surface area contributed by atoms with Gasteiger partial charge >= 0.3 is 0 Å². The molecule has 0 aromatic carbocycles. The maximum Gasteiger partial charge on any atom is 0.255 e. The Morgan fingerprint density at radius 3 is 2.70 bits per heavy atom. The molecule has 0 atom stereocenters. The smallest absolute Gasteiger partial charge is 0.255 e. The summed E-state index contributed by atoms with van der Waals surface area (Å²) in [5.41, 5.74) is 2.06. The predicted molar refractivity (Wildman–Crippen MR) is 104 cm³/mol. The number of hydrogen-bond donors (Lipinski definition) is 1. The molecule has 1 aliphatic heterocycles. The molecule has 1 N–H and O–H groups in total. The van der Waals surface area contributed by atoms with E-state index in [1.807, 2.05) is 24.1 Å². The van der Waals surface area contributed by atoms with E-state index in [-0.39, 0.29) is 5.56 Å². The Bertz CT molecular complexity index is 957. The quantitative estimate of drug-likeness (QED) is 0.814. The highest BCUT2D eigenvalue weighted by atomic mass is 32.2. The Morgan fingerprint density at radius 1 is 1.30 bits per heavy atom. The third-order valence-electron chi connectivity index (χ3n) is 4.76. The normalized spacial score (nSPS) is 15.4. The van der Waals surface area contributed by atoms with Crippen LogP contribution in [0.15, 0.2) is 29.3 Å². The lowest BCUT2D eigenvalue weighted by molar-refractivity contribution is 0.420. The molecule has 8 nitrogen and oxygen atoms in total. The Hall–Kier alpha value is -2.26. The average molecular weight is 391 g/mol. The highest BCUT2D eigenvalue weighted by Gasteiger charge is 2.29. The lowest BCUT2D eigenvalue weighted by atomic mass is 10.1. The Morgan fingerprint density at radius 2 is 2.04 bits per heavy atom. The van der Waals surface area contributed by atoms with Crippen LogP contribution >= 0.6 is 0 Å². The van der Waals surface area contributed by atoms with Crippen molar-refractivity contribution in [1.29, 1.82) is 0 Å². The van der Waals surface area contributed by atoms with Crippen LogP contribution in [-0.4, -0.2) is 53.1 Å². The minimum atomic E-state index is -3.35. The topological polar surface area (TPSA) is 99.3 Å². The second-order valence-corrected chi connectivity index (χ2v) is 9.51. The molecule has 0 amide bonds. The van der Waals surface area contributed by atoms with E-state index in [1.165, 1.54) is 4.31 Å². The number of nitrogens with zero attached hydrogens (tertiary/aromatic N) is 4. The molecule has 1 aliphatic rings. The molecule has 0 aliphatic carbocycles. The van der Waals surface area contributed by atoms with Gasteiger partial charge in [0.15, 0.2) is 0 Å². The minimum absolute atomic E-state index is 0.197. The first-order valence-electron chi connectivity index (χ1n) is 9.00. The molecule has 0 unspecified atom stereocenters. The highest BCUT2D eigenvalue weighted by molar-refractivity contribution is 7.89. The minimum Gasteiger partial charge on any atom is -0.341 e. The van der Waals surface area contributed by atoms with Gasteiger partial charge in [0.1, 0.15) is 0 Å². The van der Waals surface area contributed by atoms with E-state index in [1.54, 1.807) is 26.2 Å². The number of H-pyrrole nitrogens is 1. The van der Waals surface area contributed by atoms with Gasteiger partial charge in [0.2, 0.25) is 16.0 Å². The van der Waals surface area contributed by atoms with Gasteiger partial charge in [-0.15, -0.1) is 0 Å². The van der Waals surface area contributed by atoms with Crippen LogP contribution in [0.3, 0.4) is 0 Å². The predicted octanol–water partition coefficient (Wildman–Crippen LogP) is 0.940. The van der Waals surface area contributed by atoms with E-state index in [2.05, 4.69) is 15.0 Å². The summed E-state index contributed by atoms with van der Waals surface area (Å²) in [4.78, 5) is 26.0. The fourth-order valence-electron chi connectivity index (χ4n) is 3.15. The Kier molecular flexibility index (Phi) is 5.61. The summed E-state index contributed by atoms with van der Waals surface area (Å²) in [5.74, 6) is 0.475. The largest absolute Gasteiger partial charge is 0.341 e. The summed E-state index contributed by atoms with van der Waals surface area (Å²) in [6.45, 7) is 4.55. The molecule has 0 saturated carbocycles. The van der Waals surface area contributed by atoms with E-state index in [9.17, 15) is 13.2 Å². The fourth-order valence-corrected chi connectivity index (χ4v) is 4.44. The van der Waals surface area contributed by atoms with Gasteiger partial charge in [0.05, 0.1) is 10.9 Å². The first-order chi connectivity index (χ1) is 12.8. The van der Waals surface area contributed by atoms with Crippen LogP contribution in [0.25, 0.3) is 0 Å². The van der Waals surface area contributed by atoms with Crippen molar-refractivity contribution in [2.45, 2.75) is 38.5 Å². The molecule has 0 bridgehead atoms. The highest BCUT2D eigenvalue weighted by Crippen LogP contribution is 2.18. The molecule has 0 radical (unpaired) electrons. The standard InChI is InChI=1S/C18H25N5O3S/c1-13(2)27(25,26)23-9-6-15-16(7-10-23)20-18(21-17(15)24)22(3)12-14-5-4-8-19-11-14/h4-5,8,11,13H,6-7,9-10,12H2,1-3H3,(H,20,21,24). The summed E-state index contributed by atoms with van der Waals surface area (Å²) in [7, 11) is -1.49. The van der Waals surface area contributed by atoms with Crippen molar-refractivity contribution in [2.75, 3.05) is 25.0 Å². The molecule has 3 heterocycles. The van der Waals surface area contributed by atoms with Crippen LogP contribution in [0, 0.1) is 0 Å². The van der Waals surface area contributed by atoms with E-state index < -0.39 is 15.3 Å².